The van der Waals surface area contributed by atoms with E-state index in [-0.39, 0.29) is 14.4 Å². The summed E-state index contributed by atoms with van der Waals surface area (Å²) in [7, 11) is -3.74. The molecule has 0 saturated heterocycles. The van der Waals surface area contributed by atoms with Crippen molar-refractivity contribution in [1.29, 1.82) is 0 Å². The van der Waals surface area contributed by atoms with E-state index in [1.807, 2.05) is 0 Å². The Balaban J connectivity index is 2.33. The molecule has 102 valence electrons. The second-order valence-electron chi connectivity index (χ2n) is 3.76. The molecule has 1 heterocycles. The topological polar surface area (TPSA) is 46.2 Å². The Morgan fingerprint density at radius 3 is 2.58 bits per heavy atom. The first-order valence-electron chi connectivity index (χ1n) is 5.03. The first kappa shape index (κ1) is 14.8. The summed E-state index contributed by atoms with van der Waals surface area (Å²) in [6.45, 7) is 1.72. The Hall–Kier alpha value is -0.630. The van der Waals surface area contributed by atoms with E-state index in [4.69, 9.17) is 11.6 Å². The number of aryl methyl sites for hydroxylation is 1. The first-order valence-corrected chi connectivity index (χ1v) is 8.50. The number of rotatable bonds is 3. The Morgan fingerprint density at radius 2 is 2.05 bits per heavy atom. The predicted molar refractivity (Wildman–Crippen MR) is 79.0 cm³/mol. The molecule has 1 N–H and O–H groups in total. The van der Waals surface area contributed by atoms with Crippen LogP contribution in [0.1, 0.15) is 5.56 Å². The van der Waals surface area contributed by atoms with Gasteiger partial charge in [0.15, 0.2) is 0 Å². The molecule has 0 spiro atoms. The van der Waals surface area contributed by atoms with Crippen molar-refractivity contribution in [1.82, 2.24) is 0 Å². The maximum absolute atomic E-state index is 13.3. The van der Waals surface area contributed by atoms with Crippen molar-refractivity contribution in [3.8, 4) is 0 Å². The highest BCUT2D eigenvalue weighted by Gasteiger charge is 2.19. The minimum atomic E-state index is -3.74. The van der Waals surface area contributed by atoms with Gasteiger partial charge >= 0.3 is 0 Å². The average Bonchev–Trinajstić information content (AvgIpc) is 2.65. The molecule has 0 radical (unpaired) electrons. The van der Waals surface area contributed by atoms with Gasteiger partial charge in [0.05, 0.1) is 14.5 Å². The Bertz CT molecular complexity index is 711. The van der Waals surface area contributed by atoms with Crippen LogP contribution in [-0.2, 0) is 10.0 Å². The second-order valence-corrected chi connectivity index (χ2v) is 8.17. The van der Waals surface area contributed by atoms with E-state index in [1.54, 1.807) is 6.92 Å². The molecule has 3 nitrogen and oxygen atoms in total. The van der Waals surface area contributed by atoms with E-state index in [9.17, 15) is 12.8 Å². The van der Waals surface area contributed by atoms with E-state index in [0.29, 0.717) is 9.90 Å². The number of halogens is 3. The normalized spacial score (nSPS) is 11.6. The molecule has 0 atom stereocenters. The fourth-order valence-corrected chi connectivity index (χ4v) is 4.33. The summed E-state index contributed by atoms with van der Waals surface area (Å²) in [5.74, 6) is -0.541. The van der Waals surface area contributed by atoms with Gasteiger partial charge in [0.1, 0.15) is 10.0 Å². The number of sulfonamides is 1. The predicted octanol–water partition coefficient (Wildman–Crippen LogP) is 4.41. The maximum atomic E-state index is 13.3. The largest absolute Gasteiger partial charge is 0.279 e. The van der Waals surface area contributed by atoms with Crippen LogP contribution >= 0.6 is 38.9 Å². The van der Waals surface area contributed by atoms with Crippen LogP contribution in [0, 0.1) is 12.7 Å². The third kappa shape index (κ3) is 3.28. The molecule has 0 aliphatic heterocycles. The van der Waals surface area contributed by atoms with E-state index in [1.165, 1.54) is 18.2 Å². The fourth-order valence-electron chi connectivity index (χ4n) is 1.33. The number of benzene rings is 1. The second kappa shape index (κ2) is 5.40. The number of hydrogen-bond acceptors (Lipinski definition) is 3. The molecule has 1 aromatic heterocycles. The lowest BCUT2D eigenvalue weighted by Crippen LogP contribution is -2.11. The molecule has 1 aromatic carbocycles. The summed E-state index contributed by atoms with van der Waals surface area (Å²) in [5, 5.41) is 0. The monoisotopic (exact) mass is 383 g/mol. The van der Waals surface area contributed by atoms with Crippen molar-refractivity contribution in [2.75, 3.05) is 4.72 Å². The smallest absolute Gasteiger partial charge is 0.271 e. The molecule has 0 aliphatic carbocycles. The maximum Gasteiger partial charge on any atom is 0.271 e. The van der Waals surface area contributed by atoms with Gasteiger partial charge in [-0.05, 0) is 52.7 Å². The minimum absolute atomic E-state index is 0.0957. The van der Waals surface area contributed by atoms with Crippen LogP contribution in [0.25, 0.3) is 0 Å². The molecule has 0 fully saturated rings. The van der Waals surface area contributed by atoms with Crippen molar-refractivity contribution in [3.05, 3.63) is 44.5 Å². The molecular formula is C11H8BrClFNO2S2. The first-order chi connectivity index (χ1) is 8.79. The highest BCUT2D eigenvalue weighted by molar-refractivity contribution is 9.10. The Morgan fingerprint density at radius 1 is 1.37 bits per heavy atom. The zero-order valence-electron chi connectivity index (χ0n) is 9.58. The summed E-state index contributed by atoms with van der Waals surface area (Å²) in [6, 6.07) is 5.47. The average molecular weight is 385 g/mol. The number of anilines is 1. The van der Waals surface area contributed by atoms with Gasteiger partial charge in [-0.1, -0.05) is 11.6 Å². The van der Waals surface area contributed by atoms with Crippen LogP contribution < -0.4 is 4.72 Å². The number of hydrogen-bond donors (Lipinski definition) is 1. The summed E-state index contributed by atoms with van der Waals surface area (Å²) < 4.78 is 40.6. The molecule has 2 aromatic rings. The Kier molecular flexibility index (Phi) is 4.20. The summed E-state index contributed by atoms with van der Waals surface area (Å²) in [5.41, 5.74) is 0.844. The van der Waals surface area contributed by atoms with E-state index in [0.717, 1.165) is 17.4 Å². The van der Waals surface area contributed by atoms with Gasteiger partial charge in [-0.15, -0.1) is 11.3 Å². The SMILES string of the molecule is Cc1cc(S(=O)(=O)Nc2ccc(Br)c(F)c2)sc1Cl. The molecule has 19 heavy (non-hydrogen) atoms. The van der Waals surface area contributed by atoms with Gasteiger partial charge in [0.2, 0.25) is 0 Å². The third-order valence-corrected chi connectivity index (χ3v) is 6.32. The molecule has 8 heteroatoms. The van der Waals surface area contributed by atoms with Gasteiger partial charge in [-0.2, -0.15) is 0 Å². The van der Waals surface area contributed by atoms with Crippen LogP contribution in [0.4, 0.5) is 10.1 Å². The van der Waals surface area contributed by atoms with Gasteiger partial charge in [-0.3, -0.25) is 4.72 Å². The van der Waals surface area contributed by atoms with Crippen LogP contribution in [0.15, 0.2) is 32.9 Å². The summed E-state index contributed by atoms with van der Waals surface area (Å²) in [6.07, 6.45) is 0. The van der Waals surface area contributed by atoms with Crippen LogP contribution in [0.2, 0.25) is 4.34 Å². The van der Waals surface area contributed by atoms with Gasteiger partial charge < -0.3 is 0 Å². The number of thiophene rings is 1. The quantitative estimate of drug-likeness (QED) is 0.852. The lowest BCUT2D eigenvalue weighted by molar-refractivity contribution is 0.603. The summed E-state index contributed by atoms with van der Waals surface area (Å²) >= 11 is 9.80. The lowest BCUT2D eigenvalue weighted by atomic mass is 10.3. The molecular weight excluding hydrogens is 377 g/mol. The van der Waals surface area contributed by atoms with Crippen LogP contribution in [0.5, 0.6) is 0 Å². The summed E-state index contributed by atoms with van der Waals surface area (Å²) in [4.78, 5) is 0. The molecule has 0 aliphatic rings. The van der Waals surface area contributed by atoms with E-state index >= 15 is 0 Å². The van der Waals surface area contributed by atoms with Crippen molar-refractivity contribution in [3.63, 3.8) is 0 Å². The minimum Gasteiger partial charge on any atom is -0.279 e. The molecule has 0 saturated carbocycles. The standard InChI is InChI=1S/C11H8BrClFNO2S2/c1-6-4-10(18-11(6)13)19(16,17)15-7-2-3-8(12)9(14)5-7/h2-5,15H,1H3. The highest BCUT2D eigenvalue weighted by Crippen LogP contribution is 2.31. The third-order valence-electron chi connectivity index (χ3n) is 2.27. The van der Waals surface area contributed by atoms with E-state index < -0.39 is 15.8 Å². The van der Waals surface area contributed by atoms with Crippen LogP contribution in [0.3, 0.4) is 0 Å². The van der Waals surface area contributed by atoms with Crippen molar-refractivity contribution < 1.29 is 12.8 Å². The number of nitrogens with one attached hydrogen (secondary N) is 1. The zero-order chi connectivity index (χ0) is 14.2. The van der Waals surface area contributed by atoms with Crippen molar-refractivity contribution >= 4 is 54.6 Å². The van der Waals surface area contributed by atoms with Gasteiger partial charge in [-0.25, -0.2) is 12.8 Å². The molecule has 2 rings (SSSR count). The van der Waals surface area contributed by atoms with Crippen LogP contribution in [-0.4, -0.2) is 8.42 Å². The lowest BCUT2D eigenvalue weighted by Gasteiger charge is -2.06. The molecule has 0 bridgehead atoms. The molecule has 0 amide bonds. The molecule has 0 unspecified atom stereocenters. The highest BCUT2D eigenvalue weighted by atomic mass is 79.9. The van der Waals surface area contributed by atoms with E-state index in [2.05, 4.69) is 20.7 Å². The fraction of sp³-hybridized carbons (Fsp3) is 0.0909. The van der Waals surface area contributed by atoms with Crippen molar-refractivity contribution in [2.24, 2.45) is 0 Å². The Labute approximate surface area is 127 Å². The van der Waals surface area contributed by atoms with Crippen molar-refractivity contribution in [2.45, 2.75) is 11.1 Å². The van der Waals surface area contributed by atoms with Gasteiger partial charge in [0.25, 0.3) is 10.0 Å². The van der Waals surface area contributed by atoms with Gasteiger partial charge in [0, 0.05) is 0 Å². The zero-order valence-corrected chi connectivity index (χ0v) is 13.6.